The van der Waals surface area contributed by atoms with Gasteiger partial charge in [-0.1, -0.05) is 146 Å². The monoisotopic (exact) mass is 569 g/mol. The fraction of sp³-hybridized carbons (Fsp3) is 0. The van der Waals surface area contributed by atoms with Crippen LogP contribution in [-0.2, 0) is 0 Å². The van der Waals surface area contributed by atoms with Crippen molar-refractivity contribution in [2.24, 2.45) is 0 Å². The lowest BCUT2D eigenvalue weighted by atomic mass is 10.0. The molecule has 1 nitrogen and oxygen atoms in total. The van der Waals surface area contributed by atoms with Crippen LogP contribution in [0.5, 0.6) is 0 Å². The minimum atomic E-state index is -2.53. The highest BCUT2D eigenvalue weighted by molar-refractivity contribution is 7.26. The van der Waals surface area contributed by atoms with E-state index in [9.17, 15) is 0 Å². The Labute approximate surface area is 250 Å². The maximum atomic E-state index is 4.88. The van der Waals surface area contributed by atoms with Gasteiger partial charge in [0.1, 0.15) is 0 Å². The van der Waals surface area contributed by atoms with E-state index in [1.807, 2.05) is 17.5 Å². The number of hydrogen-bond acceptors (Lipinski definition) is 2. The van der Waals surface area contributed by atoms with Crippen molar-refractivity contribution in [2.75, 3.05) is 0 Å². The molecule has 0 aliphatic carbocycles. The van der Waals surface area contributed by atoms with E-state index in [0.29, 0.717) is 0 Å². The maximum absolute atomic E-state index is 4.88. The summed E-state index contributed by atoms with van der Waals surface area (Å²) in [6.45, 7) is 0. The molecule has 0 radical (unpaired) electrons. The molecule has 0 atom stereocenters. The fourth-order valence-corrected chi connectivity index (χ4v) is 12.4. The number of nitrogens with zero attached hydrogens (tertiary/aromatic N) is 1. The molecule has 0 amide bonds. The molecule has 198 valence electrons. The molecular weight excluding hydrogens is 543 g/mol. The second kappa shape index (κ2) is 10.2. The molecule has 0 saturated carbocycles. The van der Waals surface area contributed by atoms with E-state index in [1.165, 1.54) is 57.4 Å². The van der Waals surface area contributed by atoms with Crippen molar-refractivity contribution in [1.82, 2.24) is 4.98 Å². The molecule has 0 unspecified atom stereocenters. The van der Waals surface area contributed by atoms with E-state index in [4.69, 9.17) is 4.98 Å². The van der Waals surface area contributed by atoms with Crippen LogP contribution in [0.2, 0.25) is 0 Å². The predicted molar refractivity (Wildman–Crippen MR) is 184 cm³/mol. The van der Waals surface area contributed by atoms with Gasteiger partial charge in [-0.25, -0.2) is 0 Å². The topological polar surface area (TPSA) is 12.9 Å². The lowest BCUT2D eigenvalue weighted by molar-refractivity contribution is 1.45. The first-order valence-corrected chi connectivity index (χ1v) is 17.1. The summed E-state index contributed by atoms with van der Waals surface area (Å²) in [6, 6.07) is 58.0. The number of thiophene rings is 1. The molecule has 0 spiro atoms. The van der Waals surface area contributed by atoms with Gasteiger partial charge in [0.15, 0.2) is 8.07 Å². The standard InChI is InChI=1S/C39H27NSSi/c1-4-12-30(13-5-1)42(31-14-6-2-7-15-31,32-16-8-3-9-17-32)33-23-20-28(21-24-33)29-22-25-34-36(26-29)40-27-38-39(34)35-18-10-11-19-37(35)41-38/h1-27H. The molecule has 6 aromatic carbocycles. The molecule has 3 heteroatoms. The van der Waals surface area contributed by atoms with Crippen molar-refractivity contribution < 1.29 is 0 Å². The van der Waals surface area contributed by atoms with Crippen LogP contribution in [0.1, 0.15) is 0 Å². The average Bonchev–Trinajstić information content (AvgIpc) is 3.46. The molecule has 0 bridgehead atoms. The van der Waals surface area contributed by atoms with Crippen LogP contribution in [-0.4, -0.2) is 13.1 Å². The van der Waals surface area contributed by atoms with Crippen LogP contribution < -0.4 is 20.7 Å². The van der Waals surface area contributed by atoms with Gasteiger partial charge in [-0.3, -0.25) is 4.98 Å². The van der Waals surface area contributed by atoms with Crippen LogP contribution in [0.25, 0.3) is 42.2 Å². The Hall–Kier alpha value is -4.83. The van der Waals surface area contributed by atoms with Crippen LogP contribution >= 0.6 is 11.3 Å². The summed E-state index contributed by atoms with van der Waals surface area (Å²) in [5.41, 5.74) is 3.43. The number of aromatic nitrogens is 1. The van der Waals surface area contributed by atoms with E-state index in [-0.39, 0.29) is 0 Å². The minimum Gasteiger partial charge on any atom is -0.255 e. The third-order valence-corrected chi connectivity index (χ3v) is 14.4. The molecule has 8 rings (SSSR count). The van der Waals surface area contributed by atoms with Gasteiger partial charge in [-0.15, -0.1) is 11.3 Å². The average molecular weight is 570 g/mol. The predicted octanol–water partition coefficient (Wildman–Crippen LogP) is 7.65. The molecule has 2 aromatic heterocycles. The van der Waals surface area contributed by atoms with Gasteiger partial charge in [0.2, 0.25) is 0 Å². The lowest BCUT2D eigenvalue weighted by Crippen LogP contribution is -2.74. The van der Waals surface area contributed by atoms with Crippen LogP contribution in [0.4, 0.5) is 0 Å². The van der Waals surface area contributed by atoms with Gasteiger partial charge in [0.05, 0.1) is 10.2 Å². The molecular formula is C39H27NSSi. The van der Waals surface area contributed by atoms with E-state index < -0.39 is 8.07 Å². The van der Waals surface area contributed by atoms with Gasteiger partial charge < -0.3 is 0 Å². The van der Waals surface area contributed by atoms with Crippen LogP contribution in [0, 0.1) is 0 Å². The third-order valence-electron chi connectivity index (χ3n) is 8.48. The second-order valence-electron chi connectivity index (χ2n) is 10.8. The minimum absolute atomic E-state index is 1.04. The first-order chi connectivity index (χ1) is 20.8. The summed E-state index contributed by atoms with van der Waals surface area (Å²) in [4.78, 5) is 4.88. The molecule has 8 aromatic rings. The zero-order chi connectivity index (χ0) is 27.9. The molecule has 0 saturated heterocycles. The largest absolute Gasteiger partial charge is 0.255 e. The molecule has 2 heterocycles. The highest BCUT2D eigenvalue weighted by Crippen LogP contribution is 2.38. The summed E-state index contributed by atoms with van der Waals surface area (Å²) >= 11 is 1.82. The summed E-state index contributed by atoms with van der Waals surface area (Å²) in [7, 11) is -2.53. The zero-order valence-electron chi connectivity index (χ0n) is 22.9. The van der Waals surface area contributed by atoms with E-state index in [0.717, 1.165) is 5.52 Å². The molecule has 42 heavy (non-hydrogen) atoms. The highest BCUT2D eigenvalue weighted by Gasteiger charge is 2.41. The normalized spacial score (nSPS) is 11.8. The highest BCUT2D eigenvalue weighted by atomic mass is 32.1. The van der Waals surface area contributed by atoms with E-state index in [1.54, 1.807) is 0 Å². The van der Waals surface area contributed by atoms with Gasteiger partial charge in [0.25, 0.3) is 0 Å². The first-order valence-electron chi connectivity index (χ1n) is 14.3. The van der Waals surface area contributed by atoms with Crippen molar-refractivity contribution >= 4 is 71.2 Å². The fourth-order valence-electron chi connectivity index (χ4n) is 6.57. The van der Waals surface area contributed by atoms with Gasteiger partial charge in [0, 0.05) is 27.1 Å². The summed E-state index contributed by atoms with van der Waals surface area (Å²) in [5.74, 6) is 0. The van der Waals surface area contributed by atoms with E-state index >= 15 is 0 Å². The number of pyridine rings is 1. The quantitative estimate of drug-likeness (QED) is 0.153. The Balaban J connectivity index is 1.29. The molecule has 0 aliphatic rings. The summed E-state index contributed by atoms with van der Waals surface area (Å²) < 4.78 is 2.55. The SMILES string of the molecule is c1ccc([Si](c2ccccc2)(c2ccccc2)c2ccc(-c3ccc4c(c3)ncc3sc5ccccc5c34)cc2)cc1. The third kappa shape index (κ3) is 3.93. The van der Waals surface area contributed by atoms with Crippen molar-refractivity contribution in [1.29, 1.82) is 0 Å². The molecule has 0 aliphatic heterocycles. The maximum Gasteiger partial charge on any atom is 0.179 e. The molecule has 0 fully saturated rings. The van der Waals surface area contributed by atoms with Crippen LogP contribution in [0.15, 0.2) is 164 Å². The Bertz CT molecular complexity index is 2070. The molecule has 0 N–H and O–H groups in total. The van der Waals surface area contributed by atoms with Crippen molar-refractivity contribution in [3.05, 3.63) is 164 Å². The van der Waals surface area contributed by atoms with Crippen molar-refractivity contribution in [3.8, 4) is 11.1 Å². The smallest absolute Gasteiger partial charge is 0.179 e. The van der Waals surface area contributed by atoms with Gasteiger partial charge in [-0.2, -0.15) is 0 Å². The Morgan fingerprint density at radius 1 is 0.429 bits per heavy atom. The second-order valence-corrected chi connectivity index (χ2v) is 15.6. The van der Waals surface area contributed by atoms with Gasteiger partial charge in [-0.05, 0) is 44.0 Å². The Morgan fingerprint density at radius 3 is 1.57 bits per heavy atom. The van der Waals surface area contributed by atoms with Crippen LogP contribution in [0.3, 0.4) is 0 Å². The van der Waals surface area contributed by atoms with Crippen molar-refractivity contribution in [2.45, 2.75) is 0 Å². The Kier molecular flexibility index (Phi) is 6.06. The lowest BCUT2D eigenvalue weighted by Gasteiger charge is -2.34. The Morgan fingerprint density at radius 2 is 0.952 bits per heavy atom. The summed E-state index contributed by atoms with van der Waals surface area (Å²) in [5, 5.41) is 9.37. The van der Waals surface area contributed by atoms with E-state index in [2.05, 4.69) is 158 Å². The number of benzene rings is 6. The number of fused-ring (bicyclic) bond motifs is 5. The first kappa shape index (κ1) is 24.9. The number of hydrogen-bond donors (Lipinski definition) is 0. The summed E-state index contributed by atoms with van der Waals surface area (Å²) in [6.07, 6.45) is 2.04. The van der Waals surface area contributed by atoms with Crippen molar-refractivity contribution in [3.63, 3.8) is 0 Å². The van der Waals surface area contributed by atoms with Gasteiger partial charge >= 0.3 is 0 Å². The zero-order valence-corrected chi connectivity index (χ0v) is 24.8. The number of rotatable bonds is 5.